The molecule has 0 saturated carbocycles. The standard InChI is InChI=1S/C18H23N3O2S/c22-18(20-9-12-21-10-7-19-8-11-21)17-15(6-13-23-17)14-24-16-4-2-1-3-5-16/h1-6,13,19H,7-12,14H2,(H,20,22). The molecule has 1 amide bonds. The van der Waals surface area contributed by atoms with E-state index in [4.69, 9.17) is 4.42 Å². The van der Waals surface area contributed by atoms with Crippen molar-refractivity contribution in [3.63, 3.8) is 0 Å². The predicted molar refractivity (Wildman–Crippen MR) is 96.4 cm³/mol. The second-order valence-electron chi connectivity index (χ2n) is 5.72. The number of benzene rings is 1. The van der Waals surface area contributed by atoms with Gasteiger partial charge in [0.1, 0.15) is 0 Å². The van der Waals surface area contributed by atoms with Crippen molar-refractivity contribution in [1.29, 1.82) is 0 Å². The highest BCUT2D eigenvalue weighted by Gasteiger charge is 2.16. The van der Waals surface area contributed by atoms with Crippen LogP contribution in [0.15, 0.2) is 52.0 Å². The second kappa shape index (κ2) is 8.92. The average Bonchev–Trinajstić information content (AvgIpc) is 3.10. The number of thioether (sulfide) groups is 1. The van der Waals surface area contributed by atoms with Gasteiger partial charge in [-0.15, -0.1) is 11.8 Å². The Bertz CT molecular complexity index is 639. The molecular formula is C18H23N3O2S. The first-order valence-electron chi connectivity index (χ1n) is 8.28. The van der Waals surface area contributed by atoms with E-state index >= 15 is 0 Å². The molecular weight excluding hydrogens is 322 g/mol. The number of furan rings is 1. The van der Waals surface area contributed by atoms with E-state index in [1.807, 2.05) is 24.3 Å². The summed E-state index contributed by atoms with van der Waals surface area (Å²) in [7, 11) is 0. The smallest absolute Gasteiger partial charge is 0.287 e. The molecule has 1 aliphatic heterocycles. The van der Waals surface area contributed by atoms with Crippen molar-refractivity contribution in [1.82, 2.24) is 15.5 Å². The van der Waals surface area contributed by atoms with Gasteiger partial charge in [0.05, 0.1) is 6.26 Å². The van der Waals surface area contributed by atoms with Gasteiger partial charge in [0.2, 0.25) is 0 Å². The van der Waals surface area contributed by atoms with E-state index in [0.29, 0.717) is 12.3 Å². The fraction of sp³-hybridized carbons (Fsp3) is 0.389. The topological polar surface area (TPSA) is 57.5 Å². The minimum atomic E-state index is -0.126. The van der Waals surface area contributed by atoms with E-state index < -0.39 is 0 Å². The Morgan fingerprint density at radius 1 is 1.21 bits per heavy atom. The number of nitrogens with zero attached hydrogens (tertiary/aromatic N) is 1. The molecule has 1 aromatic carbocycles. The van der Waals surface area contributed by atoms with Crippen LogP contribution < -0.4 is 10.6 Å². The number of carbonyl (C=O) groups is 1. The molecule has 0 spiro atoms. The zero-order valence-corrected chi connectivity index (χ0v) is 14.5. The molecule has 3 rings (SSSR count). The monoisotopic (exact) mass is 345 g/mol. The summed E-state index contributed by atoms with van der Waals surface area (Å²) in [5.41, 5.74) is 0.934. The number of hydrogen-bond donors (Lipinski definition) is 2. The molecule has 0 aliphatic carbocycles. The highest BCUT2D eigenvalue weighted by atomic mass is 32.2. The molecule has 2 aromatic rings. The van der Waals surface area contributed by atoms with Crippen LogP contribution in [0.3, 0.4) is 0 Å². The Morgan fingerprint density at radius 2 is 2.00 bits per heavy atom. The van der Waals surface area contributed by atoms with Crippen LogP contribution >= 0.6 is 11.8 Å². The Morgan fingerprint density at radius 3 is 2.79 bits per heavy atom. The number of nitrogens with one attached hydrogen (secondary N) is 2. The Hall–Kier alpha value is -1.76. The van der Waals surface area contributed by atoms with Gasteiger partial charge in [0, 0.05) is 55.5 Å². The molecule has 6 heteroatoms. The predicted octanol–water partition coefficient (Wildman–Crippen LogP) is 2.21. The van der Waals surface area contributed by atoms with Crippen LogP contribution in [0.4, 0.5) is 0 Å². The highest BCUT2D eigenvalue weighted by Crippen LogP contribution is 2.24. The van der Waals surface area contributed by atoms with Crippen LogP contribution in [0, 0.1) is 0 Å². The Balaban J connectivity index is 1.47. The van der Waals surface area contributed by atoms with Gasteiger partial charge in [-0.25, -0.2) is 0 Å². The van der Waals surface area contributed by atoms with Crippen molar-refractivity contribution in [3.05, 3.63) is 54.0 Å². The van der Waals surface area contributed by atoms with Crippen LogP contribution in [-0.2, 0) is 5.75 Å². The second-order valence-corrected chi connectivity index (χ2v) is 6.77. The Kier molecular flexibility index (Phi) is 6.34. The summed E-state index contributed by atoms with van der Waals surface area (Å²) in [6.45, 7) is 5.64. The van der Waals surface area contributed by atoms with Crippen molar-refractivity contribution >= 4 is 17.7 Å². The lowest BCUT2D eigenvalue weighted by molar-refractivity contribution is 0.0918. The third-order valence-corrected chi connectivity index (χ3v) is 5.07. The van der Waals surface area contributed by atoms with Crippen molar-refractivity contribution in [3.8, 4) is 0 Å². The van der Waals surface area contributed by atoms with E-state index in [0.717, 1.165) is 44.0 Å². The molecule has 2 heterocycles. The first-order chi connectivity index (χ1) is 11.8. The van der Waals surface area contributed by atoms with Crippen LogP contribution in [0.5, 0.6) is 0 Å². The summed E-state index contributed by atoms with van der Waals surface area (Å²) in [5.74, 6) is 1.03. The normalized spacial score (nSPS) is 15.3. The van der Waals surface area contributed by atoms with E-state index in [1.165, 1.54) is 4.90 Å². The van der Waals surface area contributed by atoms with Gasteiger partial charge >= 0.3 is 0 Å². The molecule has 0 radical (unpaired) electrons. The zero-order valence-electron chi connectivity index (χ0n) is 13.7. The first kappa shape index (κ1) is 17.1. The summed E-state index contributed by atoms with van der Waals surface area (Å²) >= 11 is 1.70. The largest absolute Gasteiger partial charge is 0.459 e. The van der Waals surface area contributed by atoms with Gasteiger partial charge < -0.3 is 15.1 Å². The van der Waals surface area contributed by atoms with E-state index in [2.05, 4.69) is 27.7 Å². The van der Waals surface area contributed by atoms with Gasteiger partial charge in [0.15, 0.2) is 5.76 Å². The molecule has 1 fully saturated rings. The third-order valence-electron chi connectivity index (χ3n) is 4.01. The maximum atomic E-state index is 12.3. The van der Waals surface area contributed by atoms with Gasteiger partial charge in [-0.1, -0.05) is 18.2 Å². The number of piperazine rings is 1. The van der Waals surface area contributed by atoms with Gasteiger partial charge in [0.25, 0.3) is 5.91 Å². The molecule has 24 heavy (non-hydrogen) atoms. The summed E-state index contributed by atoms with van der Waals surface area (Å²) in [6, 6.07) is 12.0. The minimum Gasteiger partial charge on any atom is -0.459 e. The number of hydrogen-bond acceptors (Lipinski definition) is 5. The quantitative estimate of drug-likeness (QED) is 0.754. The molecule has 5 nitrogen and oxygen atoms in total. The van der Waals surface area contributed by atoms with E-state index in [1.54, 1.807) is 18.0 Å². The van der Waals surface area contributed by atoms with Crippen LogP contribution in [0.2, 0.25) is 0 Å². The van der Waals surface area contributed by atoms with Gasteiger partial charge in [-0.05, 0) is 18.2 Å². The van der Waals surface area contributed by atoms with Crippen molar-refractivity contribution in [2.45, 2.75) is 10.6 Å². The molecule has 0 atom stereocenters. The summed E-state index contributed by atoms with van der Waals surface area (Å²) in [4.78, 5) is 15.9. The maximum absolute atomic E-state index is 12.3. The fourth-order valence-electron chi connectivity index (χ4n) is 2.67. The highest BCUT2D eigenvalue weighted by molar-refractivity contribution is 7.98. The van der Waals surface area contributed by atoms with E-state index in [9.17, 15) is 4.79 Å². The maximum Gasteiger partial charge on any atom is 0.287 e. The van der Waals surface area contributed by atoms with Crippen LogP contribution in [-0.4, -0.2) is 50.1 Å². The van der Waals surface area contributed by atoms with Crippen LogP contribution in [0.1, 0.15) is 16.1 Å². The average molecular weight is 345 g/mol. The summed E-state index contributed by atoms with van der Waals surface area (Å²) in [6.07, 6.45) is 1.59. The SMILES string of the molecule is O=C(NCCN1CCNCC1)c1occc1CSc1ccccc1. The number of carbonyl (C=O) groups excluding carboxylic acids is 1. The Labute approximate surface area is 146 Å². The lowest BCUT2D eigenvalue weighted by Crippen LogP contribution is -2.46. The molecule has 2 N–H and O–H groups in total. The molecule has 128 valence electrons. The summed E-state index contributed by atoms with van der Waals surface area (Å²) < 4.78 is 5.41. The fourth-order valence-corrected chi connectivity index (χ4v) is 3.57. The van der Waals surface area contributed by atoms with Crippen molar-refractivity contribution < 1.29 is 9.21 Å². The lowest BCUT2D eigenvalue weighted by Gasteiger charge is -2.26. The molecule has 1 saturated heterocycles. The molecule has 1 aromatic heterocycles. The van der Waals surface area contributed by atoms with Gasteiger partial charge in [-0.2, -0.15) is 0 Å². The minimum absolute atomic E-state index is 0.126. The summed E-state index contributed by atoms with van der Waals surface area (Å²) in [5, 5.41) is 6.29. The first-order valence-corrected chi connectivity index (χ1v) is 9.27. The molecule has 0 bridgehead atoms. The number of rotatable bonds is 7. The zero-order chi connectivity index (χ0) is 16.6. The van der Waals surface area contributed by atoms with Gasteiger partial charge in [-0.3, -0.25) is 9.69 Å². The van der Waals surface area contributed by atoms with Crippen molar-refractivity contribution in [2.75, 3.05) is 39.3 Å². The van der Waals surface area contributed by atoms with Crippen LogP contribution in [0.25, 0.3) is 0 Å². The third kappa shape index (κ3) is 4.87. The number of amides is 1. The molecule has 0 unspecified atom stereocenters. The van der Waals surface area contributed by atoms with Crippen molar-refractivity contribution in [2.24, 2.45) is 0 Å². The van der Waals surface area contributed by atoms with E-state index in [-0.39, 0.29) is 5.91 Å². The molecule has 1 aliphatic rings. The lowest BCUT2D eigenvalue weighted by atomic mass is 10.2.